The molecule has 0 saturated heterocycles. The Balaban J connectivity index is 1.79. The Kier molecular flexibility index (Phi) is 6.16. The highest BCUT2D eigenvalue weighted by Crippen LogP contribution is 2.33. The highest BCUT2D eigenvalue weighted by Gasteiger charge is 2.42. The standard InChI is InChI=1S/C20H20F2N2O6S/c1-11(2)24-19(26)14-6-5-13(9-17(14)31(24,27)28)18(25)23-10-12-4-7-15(29-3)16(8-12)30-20(21)22/h4-9,11,20H,10H2,1-3H3,(H,23,25). The highest BCUT2D eigenvalue weighted by molar-refractivity contribution is 7.90. The molecule has 0 unspecified atom stereocenters. The molecule has 0 aromatic heterocycles. The van der Waals surface area contributed by atoms with E-state index in [0.29, 0.717) is 5.56 Å². The van der Waals surface area contributed by atoms with E-state index in [-0.39, 0.29) is 34.1 Å². The Labute approximate surface area is 177 Å². The second kappa shape index (κ2) is 8.50. The molecular weight excluding hydrogens is 434 g/mol. The third-order valence-electron chi connectivity index (χ3n) is 4.58. The molecule has 1 heterocycles. The number of carbonyl (C=O) groups excluding carboxylic acids is 2. The van der Waals surface area contributed by atoms with E-state index >= 15 is 0 Å². The molecule has 2 aromatic carbocycles. The second-order valence-electron chi connectivity index (χ2n) is 6.96. The van der Waals surface area contributed by atoms with E-state index in [1.165, 1.54) is 31.4 Å². The summed E-state index contributed by atoms with van der Waals surface area (Å²) in [5, 5.41) is 2.58. The van der Waals surface area contributed by atoms with Crippen LogP contribution >= 0.6 is 0 Å². The largest absolute Gasteiger partial charge is 0.493 e. The molecule has 0 saturated carbocycles. The second-order valence-corrected chi connectivity index (χ2v) is 8.74. The van der Waals surface area contributed by atoms with Gasteiger partial charge in [-0.15, -0.1) is 0 Å². The Morgan fingerprint density at radius 2 is 1.84 bits per heavy atom. The molecule has 0 bridgehead atoms. The number of nitrogens with one attached hydrogen (secondary N) is 1. The maximum Gasteiger partial charge on any atom is 0.387 e. The summed E-state index contributed by atoms with van der Waals surface area (Å²) in [6.07, 6.45) is 0. The lowest BCUT2D eigenvalue weighted by atomic mass is 10.1. The Morgan fingerprint density at radius 1 is 1.13 bits per heavy atom. The number of halogens is 2. The van der Waals surface area contributed by atoms with E-state index in [1.54, 1.807) is 19.9 Å². The van der Waals surface area contributed by atoms with Crippen LogP contribution < -0.4 is 14.8 Å². The average molecular weight is 454 g/mol. The van der Waals surface area contributed by atoms with Crippen LogP contribution in [0.25, 0.3) is 0 Å². The predicted molar refractivity (Wildman–Crippen MR) is 106 cm³/mol. The highest BCUT2D eigenvalue weighted by atomic mass is 32.2. The summed E-state index contributed by atoms with van der Waals surface area (Å²) in [4.78, 5) is 24.7. The van der Waals surface area contributed by atoms with Gasteiger partial charge >= 0.3 is 6.61 Å². The van der Waals surface area contributed by atoms with Gasteiger partial charge in [-0.05, 0) is 49.7 Å². The molecule has 2 aromatic rings. The van der Waals surface area contributed by atoms with Gasteiger partial charge in [0.2, 0.25) is 0 Å². The maximum atomic E-state index is 12.7. The molecule has 1 aliphatic heterocycles. The summed E-state index contributed by atoms with van der Waals surface area (Å²) in [6, 6.07) is 7.52. The zero-order valence-corrected chi connectivity index (χ0v) is 17.7. The minimum Gasteiger partial charge on any atom is -0.493 e. The molecule has 8 nitrogen and oxygen atoms in total. The van der Waals surface area contributed by atoms with E-state index in [0.717, 1.165) is 10.4 Å². The van der Waals surface area contributed by atoms with Crippen molar-refractivity contribution in [2.45, 2.75) is 37.9 Å². The normalized spacial score (nSPS) is 14.7. The van der Waals surface area contributed by atoms with E-state index in [9.17, 15) is 26.8 Å². The first kappa shape index (κ1) is 22.5. The van der Waals surface area contributed by atoms with Gasteiger partial charge in [0.05, 0.1) is 12.7 Å². The minimum atomic E-state index is -4.04. The molecule has 11 heteroatoms. The fraction of sp³-hybridized carbons (Fsp3) is 0.300. The average Bonchev–Trinajstić information content (AvgIpc) is 2.90. The minimum absolute atomic E-state index is 0.00851. The van der Waals surface area contributed by atoms with Gasteiger partial charge in [-0.25, -0.2) is 12.7 Å². The van der Waals surface area contributed by atoms with Gasteiger partial charge in [0.1, 0.15) is 4.90 Å². The molecule has 0 aliphatic carbocycles. The fourth-order valence-electron chi connectivity index (χ4n) is 3.20. The van der Waals surface area contributed by atoms with Crippen molar-refractivity contribution in [3.63, 3.8) is 0 Å². The van der Waals surface area contributed by atoms with Crippen LogP contribution in [0.4, 0.5) is 8.78 Å². The van der Waals surface area contributed by atoms with Crippen molar-refractivity contribution < 1.29 is 36.3 Å². The molecule has 2 amide bonds. The van der Waals surface area contributed by atoms with Crippen LogP contribution in [0.3, 0.4) is 0 Å². The summed E-state index contributed by atoms with van der Waals surface area (Å²) in [7, 11) is -2.73. The molecule has 31 heavy (non-hydrogen) atoms. The molecule has 0 atom stereocenters. The topological polar surface area (TPSA) is 102 Å². The lowest BCUT2D eigenvalue weighted by molar-refractivity contribution is -0.0512. The van der Waals surface area contributed by atoms with Crippen molar-refractivity contribution >= 4 is 21.8 Å². The van der Waals surface area contributed by atoms with Crippen LogP contribution in [0.1, 0.15) is 40.1 Å². The van der Waals surface area contributed by atoms with Crippen LogP contribution in [0.2, 0.25) is 0 Å². The number of carbonyl (C=O) groups is 2. The van der Waals surface area contributed by atoms with Gasteiger partial charge in [-0.3, -0.25) is 9.59 Å². The Hall–Kier alpha value is -3.21. The number of sulfonamides is 1. The van der Waals surface area contributed by atoms with Crippen molar-refractivity contribution in [2.24, 2.45) is 0 Å². The van der Waals surface area contributed by atoms with Crippen LogP contribution in [-0.2, 0) is 16.6 Å². The van der Waals surface area contributed by atoms with Gasteiger partial charge in [0.15, 0.2) is 11.5 Å². The van der Waals surface area contributed by atoms with Crippen molar-refractivity contribution in [3.8, 4) is 11.5 Å². The molecular formula is C20H20F2N2O6S. The van der Waals surface area contributed by atoms with Crippen molar-refractivity contribution in [2.75, 3.05) is 7.11 Å². The molecule has 0 spiro atoms. The summed E-state index contributed by atoms with van der Waals surface area (Å²) < 4.78 is 60.6. The number of benzene rings is 2. The summed E-state index contributed by atoms with van der Waals surface area (Å²) in [5.41, 5.74) is 0.507. The smallest absolute Gasteiger partial charge is 0.387 e. The zero-order valence-electron chi connectivity index (χ0n) is 16.9. The lowest BCUT2D eigenvalue weighted by Crippen LogP contribution is -2.36. The van der Waals surface area contributed by atoms with E-state index < -0.39 is 34.5 Å². The number of nitrogens with zero attached hydrogens (tertiary/aromatic N) is 1. The lowest BCUT2D eigenvalue weighted by Gasteiger charge is -2.18. The van der Waals surface area contributed by atoms with E-state index in [1.807, 2.05) is 0 Å². The summed E-state index contributed by atoms with van der Waals surface area (Å²) in [5.74, 6) is -1.30. The number of hydrogen-bond donors (Lipinski definition) is 1. The van der Waals surface area contributed by atoms with Gasteiger partial charge < -0.3 is 14.8 Å². The van der Waals surface area contributed by atoms with Crippen LogP contribution in [0.5, 0.6) is 11.5 Å². The van der Waals surface area contributed by atoms with E-state index in [2.05, 4.69) is 10.1 Å². The van der Waals surface area contributed by atoms with Crippen molar-refractivity contribution in [1.82, 2.24) is 9.62 Å². The van der Waals surface area contributed by atoms with E-state index in [4.69, 9.17) is 4.74 Å². The van der Waals surface area contributed by atoms with Crippen LogP contribution in [-0.4, -0.2) is 44.3 Å². The van der Waals surface area contributed by atoms with Gasteiger partial charge in [-0.2, -0.15) is 8.78 Å². The molecule has 1 aliphatic rings. The van der Waals surface area contributed by atoms with Crippen molar-refractivity contribution in [1.29, 1.82) is 0 Å². The summed E-state index contributed by atoms with van der Waals surface area (Å²) >= 11 is 0. The molecule has 166 valence electrons. The number of amides is 2. The molecule has 3 rings (SSSR count). The third-order valence-corrected chi connectivity index (χ3v) is 6.58. The first-order valence-corrected chi connectivity index (χ1v) is 10.6. The van der Waals surface area contributed by atoms with Gasteiger partial charge in [0, 0.05) is 18.2 Å². The maximum absolute atomic E-state index is 12.7. The predicted octanol–water partition coefficient (Wildman–Crippen LogP) is 2.78. The SMILES string of the molecule is COc1ccc(CNC(=O)c2ccc3c(c2)S(=O)(=O)N(C(C)C)C3=O)cc1OC(F)F. The Bertz CT molecular complexity index is 1130. The van der Waals surface area contributed by atoms with Crippen LogP contribution in [0.15, 0.2) is 41.3 Å². The Morgan fingerprint density at radius 3 is 2.45 bits per heavy atom. The zero-order chi connectivity index (χ0) is 22.9. The first-order chi connectivity index (χ1) is 14.6. The number of hydrogen-bond acceptors (Lipinski definition) is 6. The number of methoxy groups -OCH3 is 1. The van der Waals surface area contributed by atoms with Gasteiger partial charge in [-0.1, -0.05) is 6.07 Å². The third kappa shape index (κ3) is 4.31. The number of alkyl halides is 2. The number of fused-ring (bicyclic) bond motifs is 1. The van der Waals surface area contributed by atoms with Gasteiger partial charge in [0.25, 0.3) is 21.8 Å². The number of rotatable bonds is 7. The number of ether oxygens (including phenoxy) is 2. The quantitative estimate of drug-likeness (QED) is 0.690. The van der Waals surface area contributed by atoms with Crippen molar-refractivity contribution in [3.05, 3.63) is 53.1 Å². The fourth-order valence-corrected chi connectivity index (χ4v) is 5.00. The summed E-state index contributed by atoms with van der Waals surface area (Å²) in [6.45, 7) is 0.0785. The molecule has 1 N–H and O–H groups in total. The first-order valence-electron chi connectivity index (χ1n) is 9.19. The van der Waals surface area contributed by atoms with Crippen LogP contribution in [0, 0.1) is 0 Å². The monoisotopic (exact) mass is 454 g/mol. The molecule has 0 fully saturated rings. The molecule has 0 radical (unpaired) electrons.